The van der Waals surface area contributed by atoms with Gasteiger partial charge < -0.3 is 9.47 Å². The van der Waals surface area contributed by atoms with Gasteiger partial charge in [0.15, 0.2) is 0 Å². The molecule has 0 amide bonds. The van der Waals surface area contributed by atoms with Crippen molar-refractivity contribution in [2.24, 2.45) is 11.8 Å². The van der Waals surface area contributed by atoms with E-state index in [1.54, 1.807) is 7.11 Å². The maximum atomic E-state index is 11.9. The van der Waals surface area contributed by atoms with E-state index >= 15 is 0 Å². The number of methoxy groups -OCH3 is 1. The van der Waals surface area contributed by atoms with Gasteiger partial charge in [-0.15, -0.1) is 0 Å². The van der Waals surface area contributed by atoms with E-state index in [2.05, 4.69) is 4.89 Å². The fourth-order valence-electron chi connectivity index (χ4n) is 2.71. The molecule has 0 unspecified atom stereocenters. The molecule has 1 aliphatic carbocycles. The van der Waals surface area contributed by atoms with Gasteiger partial charge in [-0.05, 0) is 50.9 Å². The lowest BCUT2D eigenvalue weighted by Crippen LogP contribution is -2.25. The van der Waals surface area contributed by atoms with Gasteiger partial charge in [0.1, 0.15) is 0 Å². The van der Waals surface area contributed by atoms with Crippen molar-refractivity contribution in [1.29, 1.82) is 0 Å². The molecule has 1 aliphatic rings. The van der Waals surface area contributed by atoms with Gasteiger partial charge >= 0.3 is 5.97 Å². The number of esters is 1. The van der Waals surface area contributed by atoms with Crippen LogP contribution in [0.15, 0.2) is 0 Å². The summed E-state index contributed by atoms with van der Waals surface area (Å²) >= 11 is 0. The van der Waals surface area contributed by atoms with E-state index in [1.165, 1.54) is 0 Å². The molecule has 0 aromatic heterocycles. The highest BCUT2D eigenvalue weighted by atomic mass is 17.1. The standard InChI is InChI=1S/C15H28O5.2C2H6/c1-18-12-13-6-8-14(9-7-13)15(16)19-10-4-2-3-5-11-20-17;2*1-2/h13-14,17H,2-12H2,1H3;2*1-2H3. The molecule has 0 radical (unpaired) electrons. The van der Waals surface area contributed by atoms with Crippen LogP contribution in [0.5, 0.6) is 0 Å². The van der Waals surface area contributed by atoms with E-state index in [-0.39, 0.29) is 11.9 Å². The first-order chi connectivity index (χ1) is 11.8. The lowest BCUT2D eigenvalue weighted by molar-refractivity contribution is -0.242. The molecule has 1 N–H and O–H groups in total. The van der Waals surface area contributed by atoms with Crippen molar-refractivity contribution in [1.82, 2.24) is 0 Å². The molecule has 1 saturated carbocycles. The second-order valence-corrected chi connectivity index (χ2v) is 5.59. The third kappa shape index (κ3) is 13.8. The Morgan fingerprint density at radius 1 is 0.917 bits per heavy atom. The molecular formula is C19H40O5. The summed E-state index contributed by atoms with van der Waals surface area (Å²) in [6.45, 7) is 9.70. The van der Waals surface area contributed by atoms with Crippen molar-refractivity contribution < 1.29 is 24.4 Å². The summed E-state index contributed by atoms with van der Waals surface area (Å²) in [5, 5.41) is 8.16. The van der Waals surface area contributed by atoms with Gasteiger partial charge in [-0.3, -0.25) is 10.1 Å². The van der Waals surface area contributed by atoms with Crippen LogP contribution in [0.1, 0.15) is 79.1 Å². The number of ether oxygens (including phenoxy) is 2. The minimum absolute atomic E-state index is 0.0282. The smallest absolute Gasteiger partial charge is 0.308 e. The Labute approximate surface area is 149 Å². The van der Waals surface area contributed by atoms with E-state index < -0.39 is 0 Å². The molecule has 0 aromatic carbocycles. The van der Waals surface area contributed by atoms with Crippen molar-refractivity contribution in [2.45, 2.75) is 79.1 Å². The van der Waals surface area contributed by atoms with Crippen LogP contribution in [-0.4, -0.2) is 38.2 Å². The summed E-state index contributed by atoms with van der Waals surface area (Å²) in [5.74, 6) is 0.670. The second kappa shape index (κ2) is 20.4. The summed E-state index contributed by atoms with van der Waals surface area (Å²) in [6, 6.07) is 0. The first kappa shape index (κ1) is 25.6. The maximum absolute atomic E-state index is 11.9. The van der Waals surface area contributed by atoms with Crippen LogP contribution in [-0.2, 0) is 19.2 Å². The molecule has 146 valence electrons. The van der Waals surface area contributed by atoms with Gasteiger partial charge in [-0.25, -0.2) is 4.89 Å². The zero-order valence-corrected chi connectivity index (χ0v) is 16.5. The maximum Gasteiger partial charge on any atom is 0.308 e. The molecule has 0 heterocycles. The first-order valence-electron chi connectivity index (χ1n) is 9.70. The highest BCUT2D eigenvalue weighted by molar-refractivity contribution is 5.72. The van der Waals surface area contributed by atoms with Gasteiger partial charge in [-0.1, -0.05) is 34.1 Å². The zero-order valence-electron chi connectivity index (χ0n) is 16.5. The summed E-state index contributed by atoms with van der Waals surface area (Å²) in [6.07, 6.45) is 7.70. The summed E-state index contributed by atoms with van der Waals surface area (Å²) in [7, 11) is 1.73. The van der Waals surface area contributed by atoms with E-state index in [0.717, 1.165) is 58.0 Å². The van der Waals surface area contributed by atoms with Crippen molar-refractivity contribution in [3.05, 3.63) is 0 Å². The number of hydrogen-bond acceptors (Lipinski definition) is 5. The Morgan fingerprint density at radius 3 is 1.96 bits per heavy atom. The Bertz CT molecular complexity index is 250. The Kier molecular flexibility index (Phi) is 21.7. The normalized spacial score (nSPS) is 19.4. The van der Waals surface area contributed by atoms with E-state index in [9.17, 15) is 4.79 Å². The molecule has 0 saturated heterocycles. The molecule has 1 rings (SSSR count). The topological polar surface area (TPSA) is 65.0 Å². The molecule has 0 atom stereocenters. The number of carbonyl (C=O) groups excluding carboxylic acids is 1. The molecule has 0 aliphatic heterocycles. The highest BCUT2D eigenvalue weighted by Gasteiger charge is 2.27. The third-order valence-corrected chi connectivity index (χ3v) is 3.96. The quantitative estimate of drug-likeness (QED) is 0.258. The zero-order chi connectivity index (χ0) is 18.6. The molecule has 0 bridgehead atoms. The fourth-order valence-corrected chi connectivity index (χ4v) is 2.71. The fraction of sp³-hybridized carbons (Fsp3) is 0.947. The van der Waals surface area contributed by atoms with Crippen molar-refractivity contribution >= 4 is 5.97 Å². The van der Waals surface area contributed by atoms with Gasteiger partial charge in [0.25, 0.3) is 0 Å². The van der Waals surface area contributed by atoms with Crippen LogP contribution in [0.2, 0.25) is 0 Å². The molecule has 5 nitrogen and oxygen atoms in total. The molecule has 5 heteroatoms. The average Bonchev–Trinajstić information content (AvgIpc) is 2.65. The van der Waals surface area contributed by atoms with E-state index in [1.807, 2.05) is 27.7 Å². The SMILES string of the molecule is CC.CC.COCC1CCC(C(=O)OCCCCCCOO)CC1. The first-order valence-corrected chi connectivity index (χ1v) is 9.70. The summed E-state index contributed by atoms with van der Waals surface area (Å²) < 4.78 is 10.5. The Morgan fingerprint density at radius 2 is 1.46 bits per heavy atom. The van der Waals surface area contributed by atoms with Crippen LogP contribution in [0, 0.1) is 11.8 Å². The monoisotopic (exact) mass is 348 g/mol. The van der Waals surface area contributed by atoms with Crippen molar-refractivity contribution in [2.75, 3.05) is 26.9 Å². The van der Waals surface area contributed by atoms with Crippen LogP contribution < -0.4 is 0 Å². The Balaban J connectivity index is 0. The number of carbonyl (C=O) groups is 1. The lowest BCUT2D eigenvalue weighted by atomic mass is 9.82. The minimum atomic E-state index is -0.0282. The van der Waals surface area contributed by atoms with Gasteiger partial charge in [0.05, 0.1) is 19.1 Å². The second-order valence-electron chi connectivity index (χ2n) is 5.59. The minimum Gasteiger partial charge on any atom is -0.465 e. The number of rotatable bonds is 10. The van der Waals surface area contributed by atoms with Crippen LogP contribution >= 0.6 is 0 Å². The highest BCUT2D eigenvalue weighted by Crippen LogP contribution is 2.29. The van der Waals surface area contributed by atoms with Gasteiger partial charge in [0, 0.05) is 13.7 Å². The van der Waals surface area contributed by atoms with Crippen molar-refractivity contribution in [3.63, 3.8) is 0 Å². The summed E-state index contributed by atoms with van der Waals surface area (Å²) in [5.41, 5.74) is 0. The predicted octanol–water partition coefficient (Wildman–Crippen LogP) is 5.08. The van der Waals surface area contributed by atoms with Crippen LogP contribution in [0.3, 0.4) is 0 Å². The molecule has 1 fully saturated rings. The van der Waals surface area contributed by atoms with Gasteiger partial charge in [-0.2, -0.15) is 0 Å². The van der Waals surface area contributed by atoms with Crippen LogP contribution in [0.25, 0.3) is 0 Å². The van der Waals surface area contributed by atoms with Gasteiger partial charge in [0.2, 0.25) is 0 Å². The molecule has 0 aromatic rings. The average molecular weight is 349 g/mol. The van der Waals surface area contributed by atoms with E-state index in [0.29, 0.717) is 19.1 Å². The third-order valence-electron chi connectivity index (χ3n) is 3.96. The molecule has 0 spiro atoms. The van der Waals surface area contributed by atoms with Crippen molar-refractivity contribution in [3.8, 4) is 0 Å². The largest absolute Gasteiger partial charge is 0.465 e. The molecule has 24 heavy (non-hydrogen) atoms. The number of unbranched alkanes of at least 4 members (excludes halogenated alkanes) is 3. The Hall–Kier alpha value is -0.650. The van der Waals surface area contributed by atoms with E-state index in [4.69, 9.17) is 14.7 Å². The van der Waals surface area contributed by atoms with Crippen LogP contribution in [0.4, 0.5) is 0 Å². The summed E-state index contributed by atoms with van der Waals surface area (Å²) in [4.78, 5) is 15.9. The predicted molar refractivity (Wildman–Crippen MR) is 98.0 cm³/mol. The lowest BCUT2D eigenvalue weighted by Gasteiger charge is -2.26. The molecular weight excluding hydrogens is 308 g/mol. The number of hydrogen-bond donors (Lipinski definition) is 1.